The number of carbonyl (C=O) groups is 1. The highest BCUT2D eigenvalue weighted by Gasteiger charge is 2.16. The van der Waals surface area contributed by atoms with Gasteiger partial charge in [0.05, 0.1) is 5.56 Å². The molecule has 1 aromatic rings. The van der Waals surface area contributed by atoms with E-state index in [-0.39, 0.29) is 4.75 Å². The van der Waals surface area contributed by atoms with Crippen LogP contribution in [0.15, 0.2) is 29.2 Å². The van der Waals surface area contributed by atoms with E-state index in [9.17, 15) is 4.79 Å². The molecule has 1 aromatic carbocycles. The SMILES string of the molecule is CCC(C)(C)Sc1ccc(C(=O)O)cc1. The Kier molecular flexibility index (Phi) is 3.80. The highest BCUT2D eigenvalue weighted by molar-refractivity contribution is 8.00. The Hall–Kier alpha value is -0.960. The summed E-state index contributed by atoms with van der Waals surface area (Å²) in [6.07, 6.45) is 1.08. The molecule has 0 radical (unpaired) electrons. The van der Waals surface area contributed by atoms with Gasteiger partial charge in [0.15, 0.2) is 0 Å². The Balaban J connectivity index is 2.77. The molecule has 0 amide bonds. The largest absolute Gasteiger partial charge is 0.478 e. The molecular weight excluding hydrogens is 208 g/mol. The van der Waals surface area contributed by atoms with Crippen molar-refractivity contribution in [2.45, 2.75) is 36.8 Å². The molecule has 0 aliphatic carbocycles. The van der Waals surface area contributed by atoms with Crippen molar-refractivity contribution in [1.29, 1.82) is 0 Å². The minimum atomic E-state index is -0.874. The highest BCUT2D eigenvalue weighted by atomic mass is 32.2. The Morgan fingerprint density at radius 1 is 1.33 bits per heavy atom. The summed E-state index contributed by atoms with van der Waals surface area (Å²) in [5.41, 5.74) is 0.341. The van der Waals surface area contributed by atoms with Crippen LogP contribution in [0.4, 0.5) is 0 Å². The van der Waals surface area contributed by atoms with Gasteiger partial charge in [-0.2, -0.15) is 0 Å². The van der Waals surface area contributed by atoms with Crippen LogP contribution >= 0.6 is 11.8 Å². The molecule has 0 saturated carbocycles. The number of hydrogen-bond donors (Lipinski definition) is 1. The average Bonchev–Trinajstić information content (AvgIpc) is 2.18. The van der Waals surface area contributed by atoms with E-state index in [2.05, 4.69) is 20.8 Å². The fourth-order valence-corrected chi connectivity index (χ4v) is 2.11. The first-order chi connectivity index (χ1) is 6.94. The third-order valence-electron chi connectivity index (χ3n) is 2.35. The van der Waals surface area contributed by atoms with Gasteiger partial charge in [0, 0.05) is 9.64 Å². The van der Waals surface area contributed by atoms with Crippen molar-refractivity contribution in [1.82, 2.24) is 0 Å². The predicted octanol–water partition coefficient (Wildman–Crippen LogP) is 3.67. The van der Waals surface area contributed by atoms with Crippen LogP contribution in [0.1, 0.15) is 37.6 Å². The molecule has 3 heteroatoms. The Morgan fingerprint density at radius 3 is 2.27 bits per heavy atom. The monoisotopic (exact) mass is 224 g/mol. The predicted molar refractivity (Wildman–Crippen MR) is 63.6 cm³/mol. The summed E-state index contributed by atoms with van der Waals surface area (Å²) < 4.78 is 0.199. The van der Waals surface area contributed by atoms with Crippen molar-refractivity contribution in [3.8, 4) is 0 Å². The first-order valence-corrected chi connectivity index (χ1v) is 5.78. The van der Waals surface area contributed by atoms with Gasteiger partial charge in [-0.15, -0.1) is 11.8 Å². The van der Waals surface area contributed by atoms with Gasteiger partial charge in [0.25, 0.3) is 0 Å². The van der Waals surface area contributed by atoms with Gasteiger partial charge in [0.2, 0.25) is 0 Å². The lowest BCUT2D eigenvalue weighted by atomic mass is 10.1. The molecule has 0 fully saturated rings. The van der Waals surface area contributed by atoms with Gasteiger partial charge in [-0.3, -0.25) is 0 Å². The standard InChI is InChI=1S/C12H16O2S/c1-4-12(2,3)15-10-7-5-9(6-8-10)11(13)14/h5-8H,4H2,1-3H3,(H,13,14). The summed E-state index contributed by atoms with van der Waals surface area (Å²) in [5.74, 6) is -0.874. The van der Waals surface area contributed by atoms with E-state index >= 15 is 0 Å². The summed E-state index contributed by atoms with van der Waals surface area (Å²) in [4.78, 5) is 11.8. The lowest BCUT2D eigenvalue weighted by molar-refractivity contribution is 0.0697. The first kappa shape index (κ1) is 12.1. The van der Waals surface area contributed by atoms with Crippen LogP contribution in [-0.4, -0.2) is 15.8 Å². The van der Waals surface area contributed by atoms with E-state index in [1.165, 1.54) is 0 Å². The molecule has 0 atom stereocenters. The second kappa shape index (κ2) is 4.71. The zero-order valence-corrected chi connectivity index (χ0v) is 10.1. The summed E-state index contributed by atoms with van der Waals surface area (Å²) in [7, 11) is 0. The maximum absolute atomic E-state index is 10.6. The van der Waals surface area contributed by atoms with Crippen molar-refractivity contribution < 1.29 is 9.90 Å². The van der Waals surface area contributed by atoms with E-state index in [0.29, 0.717) is 5.56 Å². The molecule has 0 aromatic heterocycles. The number of hydrogen-bond acceptors (Lipinski definition) is 2. The molecule has 1 N–H and O–H groups in total. The third-order valence-corrected chi connectivity index (χ3v) is 3.70. The maximum Gasteiger partial charge on any atom is 0.335 e. The number of aromatic carboxylic acids is 1. The molecule has 2 nitrogen and oxygen atoms in total. The molecule has 0 bridgehead atoms. The van der Waals surface area contributed by atoms with Crippen LogP contribution in [0.2, 0.25) is 0 Å². The number of benzene rings is 1. The van der Waals surface area contributed by atoms with E-state index < -0.39 is 5.97 Å². The summed E-state index contributed by atoms with van der Waals surface area (Å²) in [6.45, 7) is 6.52. The highest BCUT2D eigenvalue weighted by Crippen LogP contribution is 2.34. The van der Waals surface area contributed by atoms with E-state index in [1.54, 1.807) is 23.9 Å². The quantitative estimate of drug-likeness (QED) is 0.793. The van der Waals surface area contributed by atoms with Crippen molar-refractivity contribution in [2.75, 3.05) is 0 Å². The Bertz CT molecular complexity index is 341. The molecule has 0 heterocycles. The first-order valence-electron chi connectivity index (χ1n) is 4.97. The summed E-state index contributed by atoms with van der Waals surface area (Å²) in [5, 5.41) is 8.75. The molecular formula is C12H16O2S. The molecule has 0 aliphatic rings. The van der Waals surface area contributed by atoms with Crippen molar-refractivity contribution in [3.63, 3.8) is 0 Å². The average molecular weight is 224 g/mol. The van der Waals surface area contributed by atoms with Crippen molar-refractivity contribution in [3.05, 3.63) is 29.8 Å². The van der Waals surface area contributed by atoms with Crippen LogP contribution in [0, 0.1) is 0 Å². The lowest BCUT2D eigenvalue weighted by Gasteiger charge is -2.21. The van der Waals surface area contributed by atoms with Gasteiger partial charge >= 0.3 is 5.97 Å². The van der Waals surface area contributed by atoms with E-state index in [1.807, 2.05) is 12.1 Å². The van der Waals surface area contributed by atoms with Gasteiger partial charge in [-0.1, -0.05) is 20.8 Å². The second-order valence-corrected chi connectivity index (χ2v) is 5.83. The van der Waals surface area contributed by atoms with Crippen LogP contribution < -0.4 is 0 Å². The van der Waals surface area contributed by atoms with Gasteiger partial charge in [0.1, 0.15) is 0 Å². The van der Waals surface area contributed by atoms with Gasteiger partial charge in [-0.05, 0) is 30.7 Å². The smallest absolute Gasteiger partial charge is 0.335 e. The topological polar surface area (TPSA) is 37.3 Å². The van der Waals surface area contributed by atoms with Crippen molar-refractivity contribution in [2.24, 2.45) is 0 Å². The molecule has 0 unspecified atom stereocenters. The Labute approximate surface area is 94.7 Å². The van der Waals surface area contributed by atoms with Crippen LogP contribution in [0.25, 0.3) is 0 Å². The number of carboxylic acids is 1. The lowest BCUT2D eigenvalue weighted by Crippen LogP contribution is -2.11. The number of carboxylic acid groups (broad SMARTS) is 1. The molecule has 82 valence electrons. The third kappa shape index (κ3) is 3.59. The summed E-state index contributed by atoms with van der Waals surface area (Å²) >= 11 is 1.77. The minimum Gasteiger partial charge on any atom is -0.478 e. The maximum atomic E-state index is 10.6. The zero-order valence-electron chi connectivity index (χ0n) is 9.28. The summed E-state index contributed by atoms with van der Waals surface area (Å²) in [6, 6.07) is 7.03. The fourth-order valence-electron chi connectivity index (χ4n) is 1.06. The van der Waals surface area contributed by atoms with Crippen LogP contribution in [-0.2, 0) is 0 Å². The molecule has 1 rings (SSSR count). The molecule has 15 heavy (non-hydrogen) atoms. The van der Waals surface area contributed by atoms with E-state index in [4.69, 9.17) is 5.11 Å². The van der Waals surface area contributed by atoms with Gasteiger partial charge < -0.3 is 5.11 Å². The van der Waals surface area contributed by atoms with E-state index in [0.717, 1.165) is 11.3 Å². The van der Waals surface area contributed by atoms with Crippen LogP contribution in [0.3, 0.4) is 0 Å². The number of rotatable bonds is 4. The second-order valence-electron chi connectivity index (χ2n) is 4.04. The molecule has 0 spiro atoms. The zero-order chi connectivity index (χ0) is 11.5. The van der Waals surface area contributed by atoms with Gasteiger partial charge in [-0.25, -0.2) is 4.79 Å². The Morgan fingerprint density at radius 2 is 1.87 bits per heavy atom. The fraction of sp³-hybridized carbons (Fsp3) is 0.417. The molecule has 0 aliphatic heterocycles. The van der Waals surface area contributed by atoms with Crippen LogP contribution in [0.5, 0.6) is 0 Å². The number of thioether (sulfide) groups is 1. The normalized spacial score (nSPS) is 11.4. The van der Waals surface area contributed by atoms with Crippen molar-refractivity contribution >= 4 is 17.7 Å². The molecule has 0 saturated heterocycles. The minimum absolute atomic E-state index is 0.199.